The average molecular weight is 383 g/mol. The molecule has 0 fully saturated rings. The van der Waals surface area contributed by atoms with Crippen LogP contribution in [0.25, 0.3) is 0 Å². The van der Waals surface area contributed by atoms with Crippen LogP contribution in [0.15, 0.2) is 42.6 Å². The van der Waals surface area contributed by atoms with Crippen molar-refractivity contribution in [1.82, 2.24) is 10.3 Å². The number of rotatable bonds is 9. The van der Waals surface area contributed by atoms with E-state index in [0.717, 1.165) is 36.6 Å². The van der Waals surface area contributed by atoms with Crippen LogP contribution in [0.2, 0.25) is 0 Å². The Morgan fingerprint density at radius 3 is 2.82 bits per heavy atom. The monoisotopic (exact) mass is 382 g/mol. The van der Waals surface area contributed by atoms with Gasteiger partial charge in [-0.2, -0.15) is 0 Å². The van der Waals surface area contributed by atoms with Crippen molar-refractivity contribution in [3.05, 3.63) is 53.7 Å². The molecule has 1 aromatic heterocycles. The van der Waals surface area contributed by atoms with E-state index in [2.05, 4.69) is 46.9 Å². The summed E-state index contributed by atoms with van der Waals surface area (Å²) in [7, 11) is 0. The smallest absolute Gasteiger partial charge is 0.303 e. The minimum atomic E-state index is -0.754. The second-order valence-corrected chi connectivity index (χ2v) is 7.49. The minimum absolute atomic E-state index is 0.176. The molecule has 6 nitrogen and oxygen atoms in total. The first-order valence-electron chi connectivity index (χ1n) is 10.1. The first kappa shape index (κ1) is 20.1. The SMILES string of the molecule is CC[C@@H](NCC(C)c1ccc(CCC(=O)O)cc1)[C@H]1CNc2cccnc2N1. The van der Waals surface area contributed by atoms with Crippen LogP contribution >= 0.6 is 0 Å². The van der Waals surface area contributed by atoms with E-state index in [1.807, 2.05) is 30.5 Å². The lowest BCUT2D eigenvalue weighted by atomic mass is 9.97. The first-order chi connectivity index (χ1) is 13.6. The maximum absolute atomic E-state index is 10.7. The van der Waals surface area contributed by atoms with Crippen LogP contribution in [0.5, 0.6) is 0 Å². The van der Waals surface area contributed by atoms with Crippen molar-refractivity contribution in [3.8, 4) is 0 Å². The molecule has 0 bridgehead atoms. The Kier molecular flexibility index (Phi) is 6.87. The maximum atomic E-state index is 10.7. The van der Waals surface area contributed by atoms with E-state index >= 15 is 0 Å². The van der Waals surface area contributed by atoms with Crippen LogP contribution in [0.3, 0.4) is 0 Å². The van der Waals surface area contributed by atoms with E-state index in [-0.39, 0.29) is 12.5 Å². The van der Waals surface area contributed by atoms with Gasteiger partial charge in [-0.05, 0) is 42.0 Å². The normalized spacial score (nSPS) is 17.7. The molecule has 3 atom stereocenters. The summed E-state index contributed by atoms with van der Waals surface area (Å²) in [6.07, 6.45) is 3.60. The summed E-state index contributed by atoms with van der Waals surface area (Å²) in [6.45, 7) is 6.18. The van der Waals surface area contributed by atoms with E-state index in [1.165, 1.54) is 5.56 Å². The molecule has 0 saturated carbocycles. The zero-order valence-corrected chi connectivity index (χ0v) is 16.6. The quantitative estimate of drug-likeness (QED) is 0.531. The molecule has 3 rings (SSSR count). The third kappa shape index (κ3) is 5.23. The Morgan fingerprint density at radius 2 is 2.11 bits per heavy atom. The third-order valence-electron chi connectivity index (χ3n) is 5.43. The van der Waals surface area contributed by atoms with Crippen LogP contribution in [-0.2, 0) is 11.2 Å². The Labute approximate surface area is 166 Å². The van der Waals surface area contributed by atoms with Crippen molar-refractivity contribution in [2.24, 2.45) is 0 Å². The molecule has 2 heterocycles. The summed E-state index contributed by atoms with van der Waals surface area (Å²) in [4.78, 5) is 15.1. The minimum Gasteiger partial charge on any atom is -0.481 e. The van der Waals surface area contributed by atoms with Crippen molar-refractivity contribution in [2.75, 3.05) is 23.7 Å². The number of anilines is 2. The molecule has 1 aliphatic heterocycles. The molecule has 0 aliphatic carbocycles. The summed E-state index contributed by atoms with van der Waals surface area (Å²) in [5.74, 6) is 0.546. The van der Waals surface area contributed by atoms with Crippen molar-refractivity contribution < 1.29 is 9.90 Å². The molecule has 0 amide bonds. The molecule has 0 saturated heterocycles. The van der Waals surface area contributed by atoms with Crippen LogP contribution in [0.1, 0.15) is 43.7 Å². The first-order valence-corrected chi connectivity index (χ1v) is 10.1. The number of hydrogen-bond acceptors (Lipinski definition) is 5. The summed E-state index contributed by atoms with van der Waals surface area (Å²) >= 11 is 0. The van der Waals surface area contributed by atoms with E-state index in [0.29, 0.717) is 18.4 Å². The largest absolute Gasteiger partial charge is 0.481 e. The van der Waals surface area contributed by atoms with E-state index in [4.69, 9.17) is 5.11 Å². The van der Waals surface area contributed by atoms with Gasteiger partial charge in [-0.3, -0.25) is 4.79 Å². The summed E-state index contributed by atoms with van der Waals surface area (Å²) in [5, 5.41) is 19.5. The number of nitrogens with one attached hydrogen (secondary N) is 3. The average Bonchev–Trinajstić information content (AvgIpc) is 2.72. The Hall–Kier alpha value is -2.60. The Balaban J connectivity index is 1.52. The second kappa shape index (κ2) is 9.55. The number of pyridine rings is 1. The fourth-order valence-electron chi connectivity index (χ4n) is 3.63. The van der Waals surface area contributed by atoms with Gasteiger partial charge in [0.15, 0.2) is 0 Å². The predicted molar refractivity (Wildman–Crippen MR) is 113 cm³/mol. The van der Waals surface area contributed by atoms with Crippen LogP contribution in [-0.4, -0.2) is 41.2 Å². The van der Waals surface area contributed by atoms with Gasteiger partial charge in [0.05, 0.1) is 11.7 Å². The van der Waals surface area contributed by atoms with Crippen LogP contribution < -0.4 is 16.0 Å². The molecule has 0 spiro atoms. The Bertz CT molecular complexity index is 778. The van der Waals surface area contributed by atoms with E-state index in [1.54, 1.807) is 0 Å². The lowest BCUT2D eigenvalue weighted by molar-refractivity contribution is -0.136. The van der Waals surface area contributed by atoms with Gasteiger partial charge in [-0.1, -0.05) is 38.1 Å². The molecule has 1 unspecified atom stereocenters. The summed E-state index contributed by atoms with van der Waals surface area (Å²) in [5.41, 5.74) is 3.40. The highest BCUT2D eigenvalue weighted by molar-refractivity contribution is 5.67. The molecule has 2 aromatic rings. The molecule has 1 aliphatic rings. The van der Waals surface area contributed by atoms with Crippen LogP contribution in [0.4, 0.5) is 11.5 Å². The topological polar surface area (TPSA) is 86.3 Å². The molecule has 4 N–H and O–H groups in total. The van der Waals surface area contributed by atoms with Gasteiger partial charge >= 0.3 is 5.97 Å². The zero-order valence-electron chi connectivity index (χ0n) is 16.6. The molecule has 150 valence electrons. The summed E-state index contributed by atoms with van der Waals surface area (Å²) in [6, 6.07) is 12.9. The molecule has 6 heteroatoms. The maximum Gasteiger partial charge on any atom is 0.303 e. The highest BCUT2D eigenvalue weighted by Crippen LogP contribution is 2.24. The number of aromatic nitrogens is 1. The molecule has 28 heavy (non-hydrogen) atoms. The number of aliphatic carboxylic acids is 1. The number of nitrogens with zero attached hydrogens (tertiary/aromatic N) is 1. The molecule has 1 aromatic carbocycles. The van der Waals surface area contributed by atoms with Gasteiger partial charge in [0.2, 0.25) is 0 Å². The number of carboxylic acid groups (broad SMARTS) is 1. The van der Waals surface area contributed by atoms with Crippen molar-refractivity contribution in [2.45, 2.75) is 51.1 Å². The van der Waals surface area contributed by atoms with Crippen molar-refractivity contribution in [1.29, 1.82) is 0 Å². The third-order valence-corrected chi connectivity index (χ3v) is 5.43. The highest BCUT2D eigenvalue weighted by Gasteiger charge is 2.25. The summed E-state index contributed by atoms with van der Waals surface area (Å²) < 4.78 is 0. The number of hydrogen-bond donors (Lipinski definition) is 4. The number of aryl methyl sites for hydroxylation is 1. The number of benzene rings is 1. The number of carboxylic acids is 1. The number of carbonyl (C=O) groups is 1. The molecule has 0 radical (unpaired) electrons. The highest BCUT2D eigenvalue weighted by atomic mass is 16.4. The van der Waals surface area contributed by atoms with Crippen molar-refractivity contribution in [3.63, 3.8) is 0 Å². The Morgan fingerprint density at radius 1 is 1.32 bits per heavy atom. The lowest BCUT2D eigenvalue weighted by Gasteiger charge is -2.34. The molecular formula is C22H30N4O2. The van der Waals surface area contributed by atoms with Crippen molar-refractivity contribution >= 4 is 17.5 Å². The fourth-order valence-corrected chi connectivity index (χ4v) is 3.63. The number of fused-ring (bicyclic) bond motifs is 1. The van der Waals surface area contributed by atoms with Gasteiger partial charge in [-0.25, -0.2) is 4.98 Å². The van der Waals surface area contributed by atoms with Crippen LogP contribution in [0, 0.1) is 0 Å². The van der Waals surface area contributed by atoms with Gasteiger partial charge in [0, 0.05) is 31.7 Å². The van der Waals surface area contributed by atoms with Gasteiger partial charge in [-0.15, -0.1) is 0 Å². The zero-order chi connectivity index (χ0) is 19.9. The second-order valence-electron chi connectivity index (χ2n) is 7.49. The fraction of sp³-hybridized carbons (Fsp3) is 0.455. The standard InChI is InChI=1S/C22H30N4O2/c1-3-18(20-14-25-19-5-4-12-23-22(19)26-20)24-13-15(2)17-9-6-16(7-10-17)8-11-21(27)28/h4-7,9-10,12,15,18,20,24-25H,3,8,11,13-14H2,1-2H3,(H,23,26)(H,27,28)/t15?,18-,20-/m1/s1. The lowest BCUT2D eigenvalue weighted by Crippen LogP contribution is -2.50. The molecular weight excluding hydrogens is 352 g/mol. The predicted octanol–water partition coefficient (Wildman–Crippen LogP) is 3.48. The van der Waals surface area contributed by atoms with E-state index in [9.17, 15) is 4.79 Å². The van der Waals surface area contributed by atoms with Gasteiger partial charge in [0.1, 0.15) is 5.82 Å². The van der Waals surface area contributed by atoms with Gasteiger partial charge < -0.3 is 21.1 Å². The van der Waals surface area contributed by atoms with Gasteiger partial charge in [0.25, 0.3) is 0 Å². The van der Waals surface area contributed by atoms with E-state index < -0.39 is 5.97 Å².